The molecule has 164 valence electrons. The first-order valence-electron chi connectivity index (χ1n) is 10.7. The maximum Gasteiger partial charge on any atom is 0.407 e. The van der Waals surface area contributed by atoms with Gasteiger partial charge in [-0.25, -0.2) is 4.79 Å². The largest absolute Gasteiger partial charge is 0.445 e. The summed E-state index contributed by atoms with van der Waals surface area (Å²) in [5.41, 5.74) is 0.900. The van der Waals surface area contributed by atoms with Crippen LogP contribution in [-0.2, 0) is 16.1 Å². The van der Waals surface area contributed by atoms with E-state index < -0.39 is 6.09 Å². The van der Waals surface area contributed by atoms with E-state index in [1.165, 1.54) is 12.8 Å². The lowest BCUT2D eigenvalue weighted by molar-refractivity contribution is -0.130. The first-order chi connectivity index (χ1) is 15.2. The second kappa shape index (κ2) is 10.1. The Kier molecular flexibility index (Phi) is 6.81. The Morgan fingerprint density at radius 3 is 2.06 bits per heavy atom. The van der Waals surface area contributed by atoms with Crippen molar-refractivity contribution >= 4 is 23.6 Å². The second-order valence-corrected chi connectivity index (χ2v) is 7.73. The molecule has 2 fully saturated rings. The van der Waals surface area contributed by atoms with E-state index >= 15 is 0 Å². The molecule has 31 heavy (non-hydrogen) atoms. The average Bonchev–Trinajstić information content (AvgIpc) is 3.37. The first kappa shape index (κ1) is 20.9. The third-order valence-electron chi connectivity index (χ3n) is 5.62. The minimum Gasteiger partial charge on any atom is -0.445 e. The molecule has 0 radical (unpaired) electrons. The predicted molar refractivity (Wildman–Crippen MR) is 117 cm³/mol. The van der Waals surface area contributed by atoms with Crippen LogP contribution in [0.3, 0.4) is 0 Å². The highest BCUT2D eigenvalue weighted by Crippen LogP contribution is 2.19. The van der Waals surface area contributed by atoms with Gasteiger partial charge in [-0.1, -0.05) is 30.3 Å². The van der Waals surface area contributed by atoms with Gasteiger partial charge in [0, 0.05) is 39.3 Å². The van der Waals surface area contributed by atoms with Crippen molar-refractivity contribution < 1.29 is 14.3 Å². The van der Waals surface area contributed by atoms with E-state index in [1.807, 2.05) is 42.5 Å². The Morgan fingerprint density at radius 2 is 1.45 bits per heavy atom. The highest BCUT2D eigenvalue weighted by molar-refractivity contribution is 5.82. The number of hydrogen-bond acceptors (Lipinski definition) is 7. The number of ether oxygens (including phenoxy) is 1. The van der Waals surface area contributed by atoms with Crippen molar-refractivity contribution in [2.24, 2.45) is 0 Å². The third kappa shape index (κ3) is 5.62. The SMILES string of the molecule is O=C(NCC(=O)N1CCN(c2ccc(N3CCCC3)nn2)CC1)OCc1ccccc1. The van der Waals surface area contributed by atoms with Gasteiger partial charge in [-0.05, 0) is 30.5 Å². The number of benzene rings is 1. The third-order valence-corrected chi connectivity index (χ3v) is 5.62. The van der Waals surface area contributed by atoms with Crippen LogP contribution in [0.25, 0.3) is 0 Å². The van der Waals surface area contributed by atoms with E-state index in [2.05, 4.69) is 25.3 Å². The first-order valence-corrected chi connectivity index (χ1v) is 10.7. The van der Waals surface area contributed by atoms with Gasteiger partial charge in [-0.3, -0.25) is 4.79 Å². The predicted octanol–water partition coefficient (Wildman–Crippen LogP) is 1.65. The summed E-state index contributed by atoms with van der Waals surface area (Å²) in [5, 5.41) is 11.3. The second-order valence-electron chi connectivity index (χ2n) is 7.73. The van der Waals surface area contributed by atoms with Crippen molar-refractivity contribution in [3.05, 3.63) is 48.0 Å². The van der Waals surface area contributed by atoms with E-state index in [0.717, 1.165) is 30.3 Å². The molecular weight excluding hydrogens is 396 g/mol. The summed E-state index contributed by atoms with van der Waals surface area (Å²) in [7, 11) is 0. The number of hydrogen-bond donors (Lipinski definition) is 1. The summed E-state index contributed by atoms with van der Waals surface area (Å²) in [6, 6.07) is 13.4. The standard InChI is InChI=1S/C22H28N6O3/c29-21(16-23-22(30)31-17-18-6-2-1-3-7-18)28-14-12-27(13-15-28)20-9-8-19(24-25-20)26-10-4-5-11-26/h1-3,6-9H,4-5,10-17H2,(H,23,30). The number of carbonyl (C=O) groups is 2. The number of alkyl carbamates (subject to hydrolysis) is 1. The number of aromatic nitrogens is 2. The van der Waals surface area contributed by atoms with Crippen molar-refractivity contribution in [2.45, 2.75) is 19.4 Å². The fourth-order valence-corrected chi connectivity index (χ4v) is 3.82. The Morgan fingerprint density at radius 1 is 0.839 bits per heavy atom. The smallest absolute Gasteiger partial charge is 0.407 e. The molecule has 3 heterocycles. The molecule has 0 saturated carbocycles. The lowest BCUT2D eigenvalue weighted by Crippen LogP contribution is -2.51. The maximum absolute atomic E-state index is 12.4. The molecular formula is C22H28N6O3. The monoisotopic (exact) mass is 424 g/mol. The summed E-state index contributed by atoms with van der Waals surface area (Å²) in [5.74, 6) is 1.64. The van der Waals surface area contributed by atoms with Crippen LogP contribution in [0.4, 0.5) is 16.4 Å². The number of rotatable bonds is 6. The zero-order chi connectivity index (χ0) is 21.5. The van der Waals surface area contributed by atoms with Gasteiger partial charge in [-0.2, -0.15) is 0 Å². The van der Waals surface area contributed by atoms with Gasteiger partial charge in [0.1, 0.15) is 13.2 Å². The van der Waals surface area contributed by atoms with Crippen LogP contribution in [0.1, 0.15) is 18.4 Å². The van der Waals surface area contributed by atoms with Crippen molar-refractivity contribution in [3.8, 4) is 0 Å². The molecule has 2 amide bonds. The van der Waals surface area contributed by atoms with E-state index in [1.54, 1.807) is 4.90 Å². The zero-order valence-electron chi connectivity index (χ0n) is 17.6. The topological polar surface area (TPSA) is 90.9 Å². The number of nitrogens with one attached hydrogen (secondary N) is 1. The molecule has 0 spiro atoms. The lowest BCUT2D eigenvalue weighted by Gasteiger charge is -2.35. The van der Waals surface area contributed by atoms with Crippen LogP contribution in [0.15, 0.2) is 42.5 Å². The summed E-state index contributed by atoms with van der Waals surface area (Å²) in [4.78, 5) is 30.4. The van der Waals surface area contributed by atoms with E-state index in [0.29, 0.717) is 26.2 Å². The molecule has 0 aliphatic carbocycles. The minimum absolute atomic E-state index is 0.0715. The van der Waals surface area contributed by atoms with Crippen molar-refractivity contribution in [1.29, 1.82) is 0 Å². The quantitative estimate of drug-likeness (QED) is 0.754. The normalized spacial score (nSPS) is 16.3. The number of amides is 2. The Balaban J connectivity index is 1.17. The Hall–Kier alpha value is -3.36. The molecule has 0 unspecified atom stereocenters. The van der Waals surface area contributed by atoms with Gasteiger partial charge in [0.05, 0.1) is 0 Å². The summed E-state index contributed by atoms with van der Waals surface area (Å²) < 4.78 is 5.14. The molecule has 1 aromatic carbocycles. The van der Waals surface area contributed by atoms with Crippen LogP contribution in [0.2, 0.25) is 0 Å². The van der Waals surface area contributed by atoms with Crippen LogP contribution in [0.5, 0.6) is 0 Å². The van der Waals surface area contributed by atoms with Crippen molar-refractivity contribution in [1.82, 2.24) is 20.4 Å². The molecule has 2 aromatic rings. The molecule has 2 aliphatic heterocycles. The molecule has 2 aliphatic rings. The Labute approximate surface area is 182 Å². The average molecular weight is 425 g/mol. The zero-order valence-corrected chi connectivity index (χ0v) is 17.6. The van der Waals surface area contributed by atoms with Crippen LogP contribution < -0.4 is 15.1 Å². The highest BCUT2D eigenvalue weighted by atomic mass is 16.5. The molecule has 0 atom stereocenters. The molecule has 1 N–H and O–H groups in total. The van der Waals surface area contributed by atoms with Gasteiger partial charge in [0.2, 0.25) is 5.91 Å². The van der Waals surface area contributed by atoms with Crippen molar-refractivity contribution in [3.63, 3.8) is 0 Å². The van der Waals surface area contributed by atoms with E-state index in [4.69, 9.17) is 4.74 Å². The summed E-state index contributed by atoms with van der Waals surface area (Å²) >= 11 is 0. The van der Waals surface area contributed by atoms with Gasteiger partial charge in [-0.15, -0.1) is 10.2 Å². The van der Waals surface area contributed by atoms with E-state index in [-0.39, 0.29) is 19.1 Å². The fraction of sp³-hybridized carbons (Fsp3) is 0.455. The van der Waals surface area contributed by atoms with Crippen LogP contribution in [-0.4, -0.2) is 72.9 Å². The molecule has 9 nitrogen and oxygen atoms in total. The lowest BCUT2D eigenvalue weighted by atomic mass is 10.2. The van der Waals surface area contributed by atoms with Crippen LogP contribution >= 0.6 is 0 Å². The van der Waals surface area contributed by atoms with Crippen molar-refractivity contribution in [2.75, 3.05) is 55.6 Å². The van der Waals surface area contributed by atoms with Gasteiger partial charge in [0.15, 0.2) is 11.6 Å². The fourth-order valence-electron chi connectivity index (χ4n) is 3.82. The van der Waals surface area contributed by atoms with Crippen LogP contribution in [0, 0.1) is 0 Å². The molecule has 1 aromatic heterocycles. The van der Waals surface area contributed by atoms with E-state index in [9.17, 15) is 9.59 Å². The number of nitrogens with zero attached hydrogens (tertiary/aromatic N) is 5. The maximum atomic E-state index is 12.4. The number of carbonyl (C=O) groups excluding carboxylic acids is 2. The molecule has 4 rings (SSSR count). The highest BCUT2D eigenvalue weighted by Gasteiger charge is 2.23. The molecule has 0 bridgehead atoms. The Bertz CT molecular complexity index is 863. The van der Waals surface area contributed by atoms with Gasteiger partial charge >= 0.3 is 6.09 Å². The van der Waals surface area contributed by atoms with Gasteiger partial charge in [0.25, 0.3) is 0 Å². The molecule has 9 heteroatoms. The molecule has 2 saturated heterocycles. The summed E-state index contributed by atoms with van der Waals surface area (Å²) in [6.45, 7) is 4.72. The van der Waals surface area contributed by atoms with Gasteiger partial charge < -0.3 is 24.8 Å². The minimum atomic E-state index is -0.593. The number of piperazine rings is 1. The number of anilines is 2. The summed E-state index contributed by atoms with van der Waals surface area (Å²) in [6.07, 6.45) is 1.82.